The highest BCUT2D eigenvalue weighted by molar-refractivity contribution is 7.89. The third kappa shape index (κ3) is 5.43. The molecule has 1 aliphatic carbocycles. The molecule has 9 heteroatoms. The number of nitrogens with one attached hydrogen (secondary N) is 2. The normalized spacial score (nSPS) is 21.3. The summed E-state index contributed by atoms with van der Waals surface area (Å²) in [5.74, 6) is -0.854. The molecule has 150 valence electrons. The zero-order chi connectivity index (χ0) is 20.2. The minimum absolute atomic E-state index is 0.0450. The summed E-state index contributed by atoms with van der Waals surface area (Å²) in [6.45, 7) is 3.57. The summed E-state index contributed by atoms with van der Waals surface area (Å²) in [4.78, 5) is 24.6. The number of hydrogen-bond acceptors (Lipinski definition) is 5. The molecule has 27 heavy (non-hydrogen) atoms. The molecule has 0 spiro atoms. The molecule has 1 aromatic carbocycles. The van der Waals surface area contributed by atoms with E-state index in [1.165, 1.54) is 26.1 Å². The first-order chi connectivity index (χ1) is 12.7. The summed E-state index contributed by atoms with van der Waals surface area (Å²) in [6.07, 6.45) is 3.16. The maximum absolute atomic E-state index is 12.4. The Bertz CT molecular complexity index is 812. The number of rotatable bonds is 6. The molecule has 0 radical (unpaired) electrons. The topological polar surface area (TPSA) is 102 Å². The average molecular weight is 417 g/mol. The standard InChI is InChI=1S/C18H25ClN2O5S/c1-11-6-4-5-7-16(11)21-17(22)12(2)26-18(23)14-10-13(8-9-15(14)19)27(24,25)20-3/h8-12,16,20H,4-7H2,1-3H3,(H,21,22)/t11-,12-,16+/m1/s1. The number of amides is 1. The van der Waals surface area contributed by atoms with E-state index in [1.807, 2.05) is 0 Å². The Hall–Kier alpha value is -1.64. The fraction of sp³-hybridized carbons (Fsp3) is 0.556. The number of halogens is 1. The highest BCUT2D eigenvalue weighted by Crippen LogP contribution is 2.24. The maximum Gasteiger partial charge on any atom is 0.340 e. The first-order valence-electron chi connectivity index (χ1n) is 8.90. The van der Waals surface area contributed by atoms with Crippen molar-refractivity contribution in [2.75, 3.05) is 7.05 Å². The van der Waals surface area contributed by atoms with Crippen LogP contribution in [-0.2, 0) is 19.6 Å². The zero-order valence-corrected chi connectivity index (χ0v) is 17.2. The van der Waals surface area contributed by atoms with Gasteiger partial charge in [-0.3, -0.25) is 4.79 Å². The van der Waals surface area contributed by atoms with Gasteiger partial charge in [-0.15, -0.1) is 0 Å². The Morgan fingerprint density at radius 1 is 1.26 bits per heavy atom. The van der Waals surface area contributed by atoms with Gasteiger partial charge in [0.1, 0.15) is 0 Å². The van der Waals surface area contributed by atoms with Gasteiger partial charge in [-0.1, -0.05) is 31.4 Å². The summed E-state index contributed by atoms with van der Waals surface area (Å²) in [6, 6.07) is 3.78. The predicted molar refractivity (Wildman–Crippen MR) is 102 cm³/mol. The van der Waals surface area contributed by atoms with Crippen LogP contribution in [0.15, 0.2) is 23.1 Å². The van der Waals surface area contributed by atoms with Crippen LogP contribution >= 0.6 is 11.6 Å². The van der Waals surface area contributed by atoms with Gasteiger partial charge in [0.2, 0.25) is 10.0 Å². The lowest BCUT2D eigenvalue weighted by Gasteiger charge is -2.30. The second kappa shape index (κ2) is 9.03. The van der Waals surface area contributed by atoms with Crippen molar-refractivity contribution in [1.29, 1.82) is 0 Å². The molecule has 0 aromatic heterocycles. The number of esters is 1. The van der Waals surface area contributed by atoms with Gasteiger partial charge in [0, 0.05) is 6.04 Å². The van der Waals surface area contributed by atoms with Gasteiger partial charge in [0.25, 0.3) is 5.91 Å². The second-order valence-electron chi connectivity index (χ2n) is 6.77. The number of hydrogen-bond donors (Lipinski definition) is 2. The van der Waals surface area contributed by atoms with Crippen LogP contribution in [0, 0.1) is 5.92 Å². The van der Waals surface area contributed by atoms with Gasteiger partial charge in [-0.05, 0) is 50.9 Å². The highest BCUT2D eigenvalue weighted by Gasteiger charge is 2.27. The van der Waals surface area contributed by atoms with Gasteiger partial charge in [0.15, 0.2) is 6.10 Å². The van der Waals surface area contributed by atoms with E-state index in [0.717, 1.165) is 31.7 Å². The monoisotopic (exact) mass is 416 g/mol. The molecule has 0 aliphatic heterocycles. The number of sulfonamides is 1. The van der Waals surface area contributed by atoms with Gasteiger partial charge in [-0.2, -0.15) is 0 Å². The lowest BCUT2D eigenvalue weighted by molar-refractivity contribution is -0.130. The molecule has 0 heterocycles. The molecule has 0 saturated heterocycles. The van der Waals surface area contributed by atoms with Crippen molar-refractivity contribution < 1.29 is 22.7 Å². The molecule has 1 fully saturated rings. The average Bonchev–Trinajstić information content (AvgIpc) is 2.63. The molecule has 0 unspecified atom stereocenters. The van der Waals surface area contributed by atoms with Crippen LogP contribution < -0.4 is 10.0 Å². The Morgan fingerprint density at radius 2 is 1.93 bits per heavy atom. The Labute approximate surface area is 164 Å². The van der Waals surface area contributed by atoms with Crippen molar-refractivity contribution in [3.05, 3.63) is 28.8 Å². The van der Waals surface area contributed by atoms with E-state index in [4.69, 9.17) is 16.3 Å². The molecule has 1 saturated carbocycles. The van der Waals surface area contributed by atoms with Crippen molar-refractivity contribution in [2.45, 2.75) is 56.6 Å². The zero-order valence-electron chi connectivity index (χ0n) is 15.6. The van der Waals surface area contributed by atoms with E-state index >= 15 is 0 Å². The predicted octanol–water partition coefficient (Wildman–Crippen LogP) is 2.49. The summed E-state index contributed by atoms with van der Waals surface area (Å²) >= 11 is 6.01. The second-order valence-corrected chi connectivity index (χ2v) is 9.07. The molecule has 1 aromatic rings. The molecule has 1 aliphatic rings. The van der Waals surface area contributed by atoms with Gasteiger partial charge in [0.05, 0.1) is 15.5 Å². The minimum Gasteiger partial charge on any atom is -0.449 e. The highest BCUT2D eigenvalue weighted by atomic mass is 35.5. The van der Waals surface area contributed by atoms with E-state index in [0.29, 0.717) is 5.92 Å². The summed E-state index contributed by atoms with van der Waals surface area (Å²) in [7, 11) is -2.47. The van der Waals surface area contributed by atoms with Crippen molar-refractivity contribution in [3.8, 4) is 0 Å². The SMILES string of the molecule is CNS(=O)(=O)c1ccc(Cl)c(C(=O)O[C@H](C)C(=O)N[C@H]2CCCC[C@H]2C)c1. The first-order valence-corrected chi connectivity index (χ1v) is 10.8. The maximum atomic E-state index is 12.4. The van der Waals surface area contributed by atoms with E-state index in [9.17, 15) is 18.0 Å². The molecule has 0 bridgehead atoms. The molecule has 7 nitrogen and oxygen atoms in total. The molecule has 2 N–H and O–H groups in total. The third-order valence-corrected chi connectivity index (χ3v) is 6.57. The van der Waals surface area contributed by atoms with Gasteiger partial charge in [-0.25, -0.2) is 17.9 Å². The summed E-state index contributed by atoms with van der Waals surface area (Å²) in [5.41, 5.74) is -0.112. The van der Waals surface area contributed by atoms with Gasteiger partial charge < -0.3 is 10.1 Å². The number of carbonyl (C=O) groups excluding carboxylic acids is 2. The summed E-state index contributed by atoms with van der Waals surface area (Å²) in [5, 5.41) is 2.97. The van der Waals surface area contributed by atoms with Crippen molar-refractivity contribution in [3.63, 3.8) is 0 Å². The van der Waals surface area contributed by atoms with Crippen LogP contribution in [-0.4, -0.2) is 39.5 Å². The largest absolute Gasteiger partial charge is 0.449 e. The lowest BCUT2D eigenvalue weighted by Crippen LogP contribution is -2.46. The van der Waals surface area contributed by atoms with E-state index in [-0.39, 0.29) is 27.4 Å². The van der Waals surface area contributed by atoms with Crippen LogP contribution in [0.4, 0.5) is 0 Å². The van der Waals surface area contributed by atoms with E-state index in [1.54, 1.807) is 0 Å². The van der Waals surface area contributed by atoms with E-state index < -0.39 is 22.1 Å². The van der Waals surface area contributed by atoms with Crippen LogP contribution in [0.25, 0.3) is 0 Å². The number of benzene rings is 1. The van der Waals surface area contributed by atoms with Crippen LogP contribution in [0.1, 0.15) is 49.9 Å². The molecule has 2 rings (SSSR count). The van der Waals surface area contributed by atoms with Crippen molar-refractivity contribution >= 4 is 33.5 Å². The quantitative estimate of drug-likeness (QED) is 0.693. The Balaban J connectivity index is 2.07. The summed E-state index contributed by atoms with van der Waals surface area (Å²) < 4.78 is 31.2. The number of carbonyl (C=O) groups is 2. The first kappa shape index (κ1) is 21.7. The smallest absolute Gasteiger partial charge is 0.340 e. The molecular weight excluding hydrogens is 392 g/mol. The molecule has 1 amide bonds. The van der Waals surface area contributed by atoms with E-state index in [2.05, 4.69) is 17.0 Å². The fourth-order valence-electron chi connectivity index (χ4n) is 3.05. The number of ether oxygens (including phenoxy) is 1. The Kier molecular flexibility index (Phi) is 7.25. The van der Waals surface area contributed by atoms with Gasteiger partial charge >= 0.3 is 5.97 Å². The van der Waals surface area contributed by atoms with Crippen LogP contribution in [0.5, 0.6) is 0 Å². The van der Waals surface area contributed by atoms with Crippen LogP contribution in [0.2, 0.25) is 5.02 Å². The molecule has 3 atom stereocenters. The molecular formula is C18H25ClN2O5S. The third-order valence-electron chi connectivity index (χ3n) is 4.83. The van der Waals surface area contributed by atoms with Crippen molar-refractivity contribution in [1.82, 2.24) is 10.0 Å². The van der Waals surface area contributed by atoms with Crippen LogP contribution in [0.3, 0.4) is 0 Å². The minimum atomic E-state index is -3.74. The Morgan fingerprint density at radius 3 is 2.56 bits per heavy atom. The fourth-order valence-corrected chi connectivity index (χ4v) is 4.00. The lowest BCUT2D eigenvalue weighted by atomic mass is 9.86. The van der Waals surface area contributed by atoms with Crippen molar-refractivity contribution in [2.24, 2.45) is 5.92 Å².